The van der Waals surface area contributed by atoms with Crippen molar-refractivity contribution in [2.45, 2.75) is 0 Å². The summed E-state index contributed by atoms with van der Waals surface area (Å²) in [6, 6.07) is 1.73. The molecule has 0 saturated heterocycles. The number of aliphatic hydroxyl groups is 1. The molecule has 2 aromatic heterocycles. The molecule has 6 heteroatoms. The van der Waals surface area contributed by atoms with Gasteiger partial charge < -0.3 is 14.9 Å². The Hall–Kier alpha value is -2.10. The van der Waals surface area contributed by atoms with E-state index in [-0.39, 0.29) is 12.5 Å². The molecule has 2 N–H and O–H groups in total. The third-order valence-corrected chi connectivity index (χ3v) is 2.78. The van der Waals surface area contributed by atoms with Crippen LogP contribution in [-0.4, -0.2) is 22.8 Å². The number of thiophene rings is 1. The average molecular weight is 248 g/mol. The van der Waals surface area contributed by atoms with Crippen LogP contribution in [0.1, 0.15) is 15.2 Å². The van der Waals surface area contributed by atoms with Crippen LogP contribution in [0.25, 0.3) is 0 Å². The number of amides is 1. The molecule has 0 fully saturated rings. The molecule has 0 aliphatic rings. The van der Waals surface area contributed by atoms with Crippen molar-refractivity contribution in [3.05, 3.63) is 34.3 Å². The number of carbonyl (C=O) groups excluding carboxylic acids is 1. The molecule has 2 aromatic rings. The number of nitrogens with one attached hydrogen (secondary N) is 1. The Labute approximate surface area is 101 Å². The molecule has 0 aliphatic heterocycles. The van der Waals surface area contributed by atoms with Gasteiger partial charge in [0.25, 0.3) is 5.91 Å². The first-order chi connectivity index (χ1) is 8.31. The van der Waals surface area contributed by atoms with Gasteiger partial charge in [0, 0.05) is 5.56 Å². The number of nitrogens with zero attached hydrogens (tertiary/aromatic N) is 1. The predicted octanol–water partition coefficient (Wildman–Crippen LogP) is 1.33. The molecule has 17 heavy (non-hydrogen) atoms. The van der Waals surface area contributed by atoms with Crippen molar-refractivity contribution in [3.63, 3.8) is 0 Å². The summed E-state index contributed by atoms with van der Waals surface area (Å²) in [4.78, 5) is 12.3. The fourth-order valence-electron chi connectivity index (χ4n) is 1.17. The molecule has 0 radical (unpaired) electrons. The lowest BCUT2D eigenvalue weighted by atomic mass is 10.2. The van der Waals surface area contributed by atoms with Crippen LogP contribution in [0.3, 0.4) is 0 Å². The summed E-state index contributed by atoms with van der Waals surface area (Å²) in [6.45, 7) is -0.234. The zero-order valence-electron chi connectivity index (χ0n) is 8.64. The lowest BCUT2D eigenvalue weighted by Crippen LogP contribution is -2.10. The third-order valence-electron chi connectivity index (χ3n) is 1.86. The van der Waals surface area contributed by atoms with Gasteiger partial charge in [-0.1, -0.05) is 17.0 Å². The second kappa shape index (κ2) is 5.30. The summed E-state index contributed by atoms with van der Waals surface area (Å²) < 4.78 is 4.61. The highest BCUT2D eigenvalue weighted by molar-refractivity contribution is 7.12. The standard InChI is InChI=1S/C11H8N2O3S/c14-4-1-2-8-3-5-17-10(8)11(15)13-9-6-12-16-7-9/h3,5-7,14H,4H2,(H,13,15). The lowest BCUT2D eigenvalue weighted by molar-refractivity contribution is 0.103. The summed E-state index contributed by atoms with van der Waals surface area (Å²) in [5, 5.41) is 16.5. The summed E-state index contributed by atoms with van der Waals surface area (Å²) in [5.41, 5.74) is 1.09. The highest BCUT2D eigenvalue weighted by Crippen LogP contribution is 2.17. The van der Waals surface area contributed by atoms with Gasteiger partial charge in [0.1, 0.15) is 23.4 Å². The quantitative estimate of drug-likeness (QED) is 0.786. The minimum Gasteiger partial charge on any atom is -0.384 e. The number of rotatable bonds is 2. The number of hydrogen-bond acceptors (Lipinski definition) is 5. The molecule has 2 heterocycles. The fraction of sp³-hybridized carbons (Fsp3) is 0.0909. The zero-order valence-corrected chi connectivity index (χ0v) is 9.45. The molecule has 0 aliphatic carbocycles. The molecule has 2 rings (SSSR count). The number of aromatic nitrogens is 1. The first kappa shape index (κ1) is 11.4. The second-order valence-corrected chi connectivity index (χ2v) is 3.91. The van der Waals surface area contributed by atoms with E-state index in [2.05, 4.69) is 26.8 Å². The van der Waals surface area contributed by atoms with E-state index in [0.717, 1.165) is 0 Å². The van der Waals surface area contributed by atoms with Gasteiger partial charge in [0.2, 0.25) is 0 Å². The van der Waals surface area contributed by atoms with Crippen LogP contribution in [0.2, 0.25) is 0 Å². The lowest BCUT2D eigenvalue weighted by Gasteiger charge is -1.99. The van der Waals surface area contributed by atoms with Crippen LogP contribution >= 0.6 is 11.3 Å². The predicted molar refractivity (Wildman–Crippen MR) is 62.7 cm³/mol. The Kier molecular flexibility index (Phi) is 3.55. The summed E-state index contributed by atoms with van der Waals surface area (Å²) in [6.07, 6.45) is 2.75. The minimum atomic E-state index is -0.273. The molecule has 0 atom stereocenters. The van der Waals surface area contributed by atoms with Crippen molar-refractivity contribution < 1.29 is 14.4 Å². The number of anilines is 1. The van der Waals surface area contributed by atoms with E-state index in [4.69, 9.17) is 5.11 Å². The van der Waals surface area contributed by atoms with E-state index in [1.165, 1.54) is 23.8 Å². The Morgan fingerprint density at radius 2 is 2.53 bits per heavy atom. The molecular formula is C11H8N2O3S. The summed E-state index contributed by atoms with van der Waals surface area (Å²) in [5.74, 6) is 4.95. The highest BCUT2D eigenvalue weighted by atomic mass is 32.1. The number of aliphatic hydroxyl groups excluding tert-OH is 1. The monoisotopic (exact) mass is 248 g/mol. The van der Waals surface area contributed by atoms with Crippen molar-refractivity contribution >= 4 is 22.9 Å². The summed E-state index contributed by atoms with van der Waals surface area (Å²) in [7, 11) is 0. The van der Waals surface area contributed by atoms with Crippen LogP contribution in [-0.2, 0) is 0 Å². The third kappa shape index (κ3) is 2.72. The molecular weight excluding hydrogens is 240 g/mol. The van der Waals surface area contributed by atoms with Crippen molar-refractivity contribution in [3.8, 4) is 11.8 Å². The van der Waals surface area contributed by atoms with Gasteiger partial charge in [0.05, 0.1) is 6.20 Å². The normalized spacial score (nSPS) is 9.47. The van der Waals surface area contributed by atoms with E-state index in [9.17, 15) is 4.79 Å². The highest BCUT2D eigenvalue weighted by Gasteiger charge is 2.12. The van der Waals surface area contributed by atoms with E-state index in [0.29, 0.717) is 16.1 Å². The Morgan fingerprint density at radius 3 is 3.24 bits per heavy atom. The Balaban J connectivity index is 2.17. The van der Waals surface area contributed by atoms with E-state index >= 15 is 0 Å². The summed E-state index contributed by atoms with van der Waals surface area (Å²) >= 11 is 1.28. The van der Waals surface area contributed by atoms with Gasteiger partial charge in [-0.25, -0.2) is 0 Å². The molecule has 0 spiro atoms. The van der Waals surface area contributed by atoms with Gasteiger partial charge in [-0.3, -0.25) is 4.79 Å². The van der Waals surface area contributed by atoms with Gasteiger partial charge in [-0.15, -0.1) is 11.3 Å². The fourth-order valence-corrected chi connectivity index (χ4v) is 1.92. The van der Waals surface area contributed by atoms with Crippen molar-refractivity contribution in [2.75, 3.05) is 11.9 Å². The molecule has 1 amide bonds. The molecule has 0 aromatic carbocycles. The van der Waals surface area contributed by atoms with E-state index < -0.39 is 0 Å². The maximum atomic E-state index is 11.9. The van der Waals surface area contributed by atoms with Gasteiger partial charge >= 0.3 is 0 Å². The first-order valence-electron chi connectivity index (χ1n) is 4.69. The second-order valence-electron chi connectivity index (χ2n) is 2.99. The van der Waals surface area contributed by atoms with Gasteiger partial charge in [-0.2, -0.15) is 0 Å². The van der Waals surface area contributed by atoms with Crippen LogP contribution in [0, 0.1) is 11.8 Å². The minimum absolute atomic E-state index is 0.234. The van der Waals surface area contributed by atoms with E-state index in [1.807, 2.05) is 0 Å². The maximum Gasteiger partial charge on any atom is 0.267 e. The molecule has 5 nitrogen and oxygen atoms in total. The Morgan fingerprint density at radius 1 is 1.65 bits per heavy atom. The van der Waals surface area contributed by atoms with Crippen molar-refractivity contribution in [2.24, 2.45) is 0 Å². The smallest absolute Gasteiger partial charge is 0.267 e. The van der Waals surface area contributed by atoms with Gasteiger partial charge in [-0.05, 0) is 11.4 Å². The van der Waals surface area contributed by atoms with Crippen LogP contribution < -0.4 is 5.32 Å². The molecule has 0 unspecified atom stereocenters. The van der Waals surface area contributed by atoms with Crippen LogP contribution in [0.5, 0.6) is 0 Å². The SMILES string of the molecule is O=C(Nc1cnoc1)c1sccc1C#CCO. The maximum absolute atomic E-state index is 11.9. The first-order valence-corrected chi connectivity index (χ1v) is 5.57. The van der Waals surface area contributed by atoms with Crippen molar-refractivity contribution in [1.82, 2.24) is 5.16 Å². The van der Waals surface area contributed by atoms with Crippen LogP contribution in [0.4, 0.5) is 5.69 Å². The molecule has 0 saturated carbocycles. The van der Waals surface area contributed by atoms with Crippen molar-refractivity contribution in [1.29, 1.82) is 0 Å². The Bertz CT molecular complexity index is 563. The average Bonchev–Trinajstić information content (AvgIpc) is 2.96. The topological polar surface area (TPSA) is 75.4 Å². The molecule has 0 bridgehead atoms. The largest absolute Gasteiger partial charge is 0.384 e. The van der Waals surface area contributed by atoms with Crippen LogP contribution in [0.15, 0.2) is 28.4 Å². The number of carbonyl (C=O) groups is 1. The zero-order chi connectivity index (χ0) is 12.1. The van der Waals surface area contributed by atoms with E-state index in [1.54, 1.807) is 11.4 Å². The van der Waals surface area contributed by atoms with Gasteiger partial charge in [0.15, 0.2) is 0 Å². The molecule has 86 valence electrons. The number of hydrogen-bond donors (Lipinski definition) is 2.